The van der Waals surface area contributed by atoms with Gasteiger partial charge in [0.15, 0.2) is 5.65 Å². The molecule has 1 saturated heterocycles. The largest absolute Gasteiger partial charge is 0.496 e. The smallest absolute Gasteiger partial charge is 0.228 e. The Kier molecular flexibility index (Phi) is 6.35. The van der Waals surface area contributed by atoms with E-state index >= 15 is 0 Å². The molecule has 0 bridgehead atoms. The van der Waals surface area contributed by atoms with Crippen molar-refractivity contribution in [3.8, 4) is 22.7 Å². The Hall–Kier alpha value is -4.50. The summed E-state index contributed by atoms with van der Waals surface area (Å²) in [6.07, 6.45) is 0. The molecule has 0 saturated carbocycles. The first-order valence-corrected chi connectivity index (χ1v) is 12.6. The van der Waals surface area contributed by atoms with Crippen LogP contribution in [0, 0.1) is 5.82 Å². The molecule has 6 rings (SSSR count). The average Bonchev–Trinajstić information content (AvgIpc) is 3.30. The van der Waals surface area contributed by atoms with Crippen LogP contribution in [0.1, 0.15) is 5.56 Å². The van der Waals surface area contributed by atoms with Crippen molar-refractivity contribution in [1.82, 2.24) is 24.6 Å². The van der Waals surface area contributed by atoms with E-state index in [-0.39, 0.29) is 5.82 Å². The molecule has 192 valence electrons. The summed E-state index contributed by atoms with van der Waals surface area (Å²) in [5.41, 5.74) is 10.3. The number of para-hydroxylation sites is 1. The van der Waals surface area contributed by atoms with Gasteiger partial charge < -0.3 is 15.4 Å². The van der Waals surface area contributed by atoms with Crippen molar-refractivity contribution in [3.05, 3.63) is 90.2 Å². The van der Waals surface area contributed by atoms with Gasteiger partial charge in [0.05, 0.1) is 23.9 Å². The number of nitrogens with zero attached hydrogens (tertiary/aromatic N) is 6. The van der Waals surface area contributed by atoms with Crippen LogP contribution < -0.4 is 15.4 Å². The molecule has 1 fully saturated rings. The van der Waals surface area contributed by atoms with Gasteiger partial charge in [-0.3, -0.25) is 4.90 Å². The van der Waals surface area contributed by atoms with Gasteiger partial charge in [0.1, 0.15) is 17.4 Å². The summed E-state index contributed by atoms with van der Waals surface area (Å²) >= 11 is 0. The molecule has 0 unspecified atom stereocenters. The van der Waals surface area contributed by atoms with Crippen molar-refractivity contribution < 1.29 is 9.13 Å². The maximum Gasteiger partial charge on any atom is 0.228 e. The zero-order valence-corrected chi connectivity index (χ0v) is 21.1. The normalized spacial score (nSPS) is 14.2. The monoisotopic (exact) mass is 509 g/mol. The molecule has 1 aliphatic heterocycles. The molecular weight excluding hydrogens is 481 g/mol. The van der Waals surface area contributed by atoms with Crippen LogP contribution in [0.25, 0.3) is 28.0 Å². The zero-order valence-electron chi connectivity index (χ0n) is 21.1. The maximum atomic E-state index is 14.0. The van der Waals surface area contributed by atoms with Crippen molar-refractivity contribution in [2.75, 3.05) is 43.9 Å². The number of nitrogens with two attached hydrogens (primary N) is 1. The highest BCUT2D eigenvalue weighted by Crippen LogP contribution is 2.37. The number of fused-ring (bicyclic) bond motifs is 1. The van der Waals surface area contributed by atoms with E-state index in [2.05, 4.69) is 39.2 Å². The Morgan fingerprint density at radius 3 is 2.42 bits per heavy atom. The summed E-state index contributed by atoms with van der Waals surface area (Å²) in [6, 6.07) is 24.3. The van der Waals surface area contributed by atoms with E-state index < -0.39 is 0 Å². The van der Waals surface area contributed by atoms with E-state index in [0.717, 1.165) is 38.3 Å². The van der Waals surface area contributed by atoms with Crippen LogP contribution in [0.4, 0.5) is 16.2 Å². The van der Waals surface area contributed by atoms with Gasteiger partial charge in [-0.25, -0.2) is 14.1 Å². The molecule has 0 amide bonds. The molecular formula is C29H28FN7O. The summed E-state index contributed by atoms with van der Waals surface area (Å²) < 4.78 is 21.2. The first kappa shape index (κ1) is 23.9. The number of piperazine rings is 1. The predicted molar refractivity (Wildman–Crippen MR) is 147 cm³/mol. The lowest BCUT2D eigenvalue weighted by molar-refractivity contribution is 0.249. The molecule has 0 radical (unpaired) electrons. The number of methoxy groups -OCH3 is 1. The van der Waals surface area contributed by atoms with Crippen LogP contribution in [0.3, 0.4) is 0 Å². The zero-order chi connectivity index (χ0) is 26.1. The first-order chi connectivity index (χ1) is 18.6. The molecule has 0 atom stereocenters. The van der Waals surface area contributed by atoms with Crippen LogP contribution in [0.2, 0.25) is 0 Å². The molecule has 3 heterocycles. The fourth-order valence-electron chi connectivity index (χ4n) is 4.93. The minimum absolute atomic E-state index is 0.339. The second-order valence-electron chi connectivity index (χ2n) is 9.30. The highest BCUT2D eigenvalue weighted by molar-refractivity contribution is 6.00. The van der Waals surface area contributed by atoms with E-state index in [9.17, 15) is 4.39 Å². The second-order valence-corrected chi connectivity index (χ2v) is 9.30. The number of hydrogen-bond acceptors (Lipinski definition) is 7. The maximum absolute atomic E-state index is 14.0. The second kappa shape index (κ2) is 10.1. The number of anilines is 2. The number of nitrogen functional groups attached to an aromatic ring is 1. The summed E-state index contributed by atoms with van der Waals surface area (Å²) in [4.78, 5) is 14.4. The van der Waals surface area contributed by atoms with E-state index in [0.29, 0.717) is 39.9 Å². The highest BCUT2D eigenvalue weighted by Gasteiger charge is 2.25. The molecule has 5 aromatic rings. The average molecular weight is 510 g/mol. The summed E-state index contributed by atoms with van der Waals surface area (Å²) in [5, 5.41) is 5.29. The standard InChI is InChI=1S/C29H28FN7O/c1-38-24-13-6-5-12-23(24)26-25-27(31)37(22-11-7-10-21(30)18-22)34-28(25)33-29(32-26)36-16-14-35(15-17-36)19-20-8-3-2-4-9-20/h2-13,18H,14-17,19,31H2,1H3. The van der Waals surface area contributed by atoms with Crippen LogP contribution >= 0.6 is 0 Å². The van der Waals surface area contributed by atoms with Crippen molar-refractivity contribution in [3.63, 3.8) is 0 Å². The molecule has 9 heteroatoms. The SMILES string of the molecule is COc1ccccc1-c1nc(N2CCN(Cc3ccccc3)CC2)nc2nn(-c3cccc(F)c3)c(N)c12. The third-order valence-electron chi connectivity index (χ3n) is 6.88. The third kappa shape index (κ3) is 4.52. The molecule has 0 aliphatic carbocycles. The van der Waals surface area contributed by atoms with Crippen molar-refractivity contribution >= 4 is 22.8 Å². The number of hydrogen-bond donors (Lipinski definition) is 1. The Morgan fingerprint density at radius 1 is 0.895 bits per heavy atom. The molecule has 0 spiro atoms. The van der Waals surface area contributed by atoms with Crippen LogP contribution in [0.5, 0.6) is 5.75 Å². The number of ether oxygens (including phenoxy) is 1. The Bertz CT molecular complexity index is 1580. The van der Waals surface area contributed by atoms with Crippen molar-refractivity contribution in [1.29, 1.82) is 0 Å². The van der Waals surface area contributed by atoms with Gasteiger partial charge in [0.2, 0.25) is 5.95 Å². The van der Waals surface area contributed by atoms with Gasteiger partial charge >= 0.3 is 0 Å². The van der Waals surface area contributed by atoms with Gasteiger partial charge in [0, 0.05) is 38.3 Å². The van der Waals surface area contributed by atoms with Crippen LogP contribution in [0.15, 0.2) is 78.9 Å². The lowest BCUT2D eigenvalue weighted by atomic mass is 10.1. The molecule has 2 aromatic heterocycles. The summed E-state index contributed by atoms with van der Waals surface area (Å²) in [7, 11) is 1.63. The topological polar surface area (TPSA) is 85.3 Å². The lowest BCUT2D eigenvalue weighted by Crippen LogP contribution is -2.46. The summed E-state index contributed by atoms with van der Waals surface area (Å²) in [5.74, 6) is 1.22. The molecule has 38 heavy (non-hydrogen) atoms. The Morgan fingerprint density at radius 2 is 1.66 bits per heavy atom. The molecule has 3 aromatic carbocycles. The van der Waals surface area contributed by atoms with Gasteiger partial charge in [-0.2, -0.15) is 4.98 Å². The minimum atomic E-state index is -0.369. The van der Waals surface area contributed by atoms with E-state index in [4.69, 9.17) is 20.4 Å². The van der Waals surface area contributed by atoms with Crippen molar-refractivity contribution in [2.24, 2.45) is 0 Å². The number of rotatable bonds is 6. The Balaban J connectivity index is 1.40. The number of aromatic nitrogens is 4. The molecule has 8 nitrogen and oxygen atoms in total. The third-order valence-corrected chi connectivity index (χ3v) is 6.88. The Labute approximate surface area is 220 Å². The number of benzene rings is 3. The lowest BCUT2D eigenvalue weighted by Gasteiger charge is -2.34. The molecule has 1 aliphatic rings. The van der Waals surface area contributed by atoms with Crippen molar-refractivity contribution in [2.45, 2.75) is 6.54 Å². The van der Waals surface area contributed by atoms with E-state index in [1.165, 1.54) is 22.4 Å². The first-order valence-electron chi connectivity index (χ1n) is 12.6. The van der Waals surface area contributed by atoms with Gasteiger partial charge in [-0.15, -0.1) is 5.10 Å². The molecule has 2 N–H and O–H groups in total. The fourth-order valence-corrected chi connectivity index (χ4v) is 4.93. The number of halogens is 1. The quantitative estimate of drug-likeness (QED) is 0.360. The van der Waals surface area contributed by atoms with E-state index in [1.807, 2.05) is 30.3 Å². The summed E-state index contributed by atoms with van der Waals surface area (Å²) in [6.45, 7) is 4.25. The van der Waals surface area contributed by atoms with Gasteiger partial charge in [-0.1, -0.05) is 48.5 Å². The van der Waals surface area contributed by atoms with Gasteiger partial charge in [-0.05, 0) is 35.9 Å². The van der Waals surface area contributed by atoms with Gasteiger partial charge in [0.25, 0.3) is 0 Å². The van der Waals surface area contributed by atoms with Crippen LogP contribution in [-0.2, 0) is 6.54 Å². The highest BCUT2D eigenvalue weighted by atomic mass is 19.1. The van der Waals surface area contributed by atoms with E-state index in [1.54, 1.807) is 19.2 Å². The minimum Gasteiger partial charge on any atom is -0.496 e. The fraction of sp³-hybridized carbons (Fsp3) is 0.207. The predicted octanol–water partition coefficient (Wildman–Crippen LogP) is 4.53. The van der Waals surface area contributed by atoms with Crippen LogP contribution in [-0.4, -0.2) is 57.9 Å².